The number of hydrogen-bond donors (Lipinski definition) is 0. The topological polar surface area (TPSA) is 35.0 Å². The lowest BCUT2D eigenvalue weighted by atomic mass is 10.1. The zero-order valence-electron chi connectivity index (χ0n) is 10.4. The minimum Gasteiger partial charge on any atom is -0.497 e. The van der Waals surface area contributed by atoms with Gasteiger partial charge in [-0.2, -0.15) is 0 Å². The van der Waals surface area contributed by atoms with E-state index in [1.165, 1.54) is 5.56 Å². The molecule has 0 amide bonds. The van der Waals surface area contributed by atoms with Gasteiger partial charge in [0, 0.05) is 6.42 Å². The second-order valence-corrected chi connectivity index (χ2v) is 6.14. The van der Waals surface area contributed by atoms with Crippen LogP contribution < -0.4 is 4.74 Å². The first kappa shape index (κ1) is 13.5. The molecule has 96 valence electrons. The van der Waals surface area contributed by atoms with Gasteiger partial charge in [0.05, 0.1) is 11.9 Å². The van der Waals surface area contributed by atoms with E-state index in [9.17, 15) is 0 Å². The van der Waals surface area contributed by atoms with Crippen LogP contribution in [-0.2, 0) is 6.42 Å². The third-order valence-corrected chi connectivity index (χ3v) is 5.02. The Kier molecular flexibility index (Phi) is 4.72. The van der Waals surface area contributed by atoms with Gasteiger partial charge in [-0.25, -0.2) is 0 Å². The first-order valence-corrected chi connectivity index (χ1v) is 7.55. The van der Waals surface area contributed by atoms with Crippen LogP contribution in [0.1, 0.15) is 33.8 Å². The molecule has 0 saturated heterocycles. The van der Waals surface area contributed by atoms with Crippen molar-refractivity contribution in [3.05, 3.63) is 39.8 Å². The number of methoxy groups -OCH3 is 1. The second kappa shape index (κ2) is 6.29. The van der Waals surface area contributed by atoms with E-state index >= 15 is 0 Å². The van der Waals surface area contributed by atoms with Crippen molar-refractivity contribution in [1.82, 2.24) is 10.2 Å². The fourth-order valence-electron chi connectivity index (χ4n) is 1.60. The number of benzene rings is 1. The van der Waals surface area contributed by atoms with Gasteiger partial charge in [0.25, 0.3) is 0 Å². The molecule has 2 rings (SSSR count). The summed E-state index contributed by atoms with van der Waals surface area (Å²) >= 11 is 5.26. The van der Waals surface area contributed by atoms with Crippen LogP contribution in [0.5, 0.6) is 5.75 Å². The van der Waals surface area contributed by atoms with Crippen molar-refractivity contribution < 1.29 is 4.74 Å². The van der Waals surface area contributed by atoms with E-state index in [1.807, 2.05) is 18.2 Å². The summed E-state index contributed by atoms with van der Waals surface area (Å²) in [7, 11) is 1.68. The van der Waals surface area contributed by atoms with E-state index in [4.69, 9.17) is 4.74 Å². The Morgan fingerprint density at radius 3 is 2.94 bits per heavy atom. The number of ether oxygens (including phenoxy) is 1. The quantitative estimate of drug-likeness (QED) is 0.779. The van der Waals surface area contributed by atoms with Crippen LogP contribution >= 0.6 is 27.3 Å². The number of alkyl halides is 1. The van der Waals surface area contributed by atoms with Crippen LogP contribution in [0.25, 0.3) is 0 Å². The van der Waals surface area contributed by atoms with Crippen LogP contribution in [0.15, 0.2) is 24.3 Å². The fourth-order valence-corrected chi connectivity index (χ4v) is 2.91. The maximum absolute atomic E-state index is 5.21. The maximum atomic E-state index is 5.21. The highest BCUT2D eigenvalue weighted by molar-refractivity contribution is 9.09. The molecule has 0 fully saturated rings. The molecule has 2 aromatic rings. The minimum absolute atomic E-state index is 0.314. The van der Waals surface area contributed by atoms with Gasteiger partial charge in [-0.05, 0) is 24.1 Å². The molecule has 0 radical (unpaired) electrons. The van der Waals surface area contributed by atoms with Crippen molar-refractivity contribution in [3.63, 3.8) is 0 Å². The third kappa shape index (κ3) is 3.29. The van der Waals surface area contributed by atoms with Crippen molar-refractivity contribution in [1.29, 1.82) is 0 Å². The van der Waals surface area contributed by atoms with Crippen LogP contribution in [-0.4, -0.2) is 17.3 Å². The first-order valence-electron chi connectivity index (χ1n) is 5.82. The molecular weight excluding hydrogens is 312 g/mol. The highest BCUT2D eigenvalue weighted by Crippen LogP contribution is 2.29. The lowest BCUT2D eigenvalue weighted by Gasteiger charge is -2.02. The van der Waals surface area contributed by atoms with Gasteiger partial charge < -0.3 is 4.74 Å². The van der Waals surface area contributed by atoms with Crippen LogP contribution in [0.3, 0.4) is 0 Å². The molecule has 3 nitrogen and oxygen atoms in total. The van der Waals surface area contributed by atoms with E-state index in [1.54, 1.807) is 18.4 Å². The Morgan fingerprint density at radius 1 is 1.39 bits per heavy atom. The lowest BCUT2D eigenvalue weighted by molar-refractivity contribution is 0.414. The zero-order chi connectivity index (χ0) is 13.0. The summed E-state index contributed by atoms with van der Waals surface area (Å²) < 4.78 is 5.21. The summed E-state index contributed by atoms with van der Waals surface area (Å²) in [5.41, 5.74) is 1.19. The number of nitrogens with zero attached hydrogens (tertiary/aromatic N) is 2. The average molecular weight is 327 g/mol. The van der Waals surface area contributed by atoms with E-state index in [2.05, 4.69) is 39.1 Å². The molecular formula is C13H15BrN2OS. The molecule has 0 saturated carbocycles. The first-order chi connectivity index (χ1) is 8.72. The lowest BCUT2D eigenvalue weighted by Crippen LogP contribution is -1.89. The third-order valence-electron chi connectivity index (χ3n) is 2.60. The summed E-state index contributed by atoms with van der Waals surface area (Å²) in [5, 5.41) is 10.5. The molecule has 0 spiro atoms. The molecule has 0 bridgehead atoms. The van der Waals surface area contributed by atoms with E-state index < -0.39 is 0 Å². The van der Waals surface area contributed by atoms with E-state index in [0.717, 1.165) is 28.6 Å². The fraction of sp³-hybridized carbons (Fsp3) is 0.385. The molecule has 1 unspecified atom stereocenters. The zero-order valence-corrected chi connectivity index (χ0v) is 12.8. The molecule has 5 heteroatoms. The Morgan fingerprint density at radius 2 is 2.22 bits per heavy atom. The predicted molar refractivity (Wildman–Crippen MR) is 77.7 cm³/mol. The van der Waals surface area contributed by atoms with Gasteiger partial charge in [-0.3, -0.25) is 0 Å². The molecule has 0 aliphatic heterocycles. The Balaban J connectivity index is 2.11. The van der Waals surface area contributed by atoms with Crippen molar-refractivity contribution in [2.24, 2.45) is 0 Å². The van der Waals surface area contributed by atoms with Crippen molar-refractivity contribution in [2.75, 3.05) is 7.11 Å². The Bertz CT molecular complexity index is 515. The molecule has 0 aliphatic carbocycles. The Labute approximate surface area is 119 Å². The summed E-state index contributed by atoms with van der Waals surface area (Å²) in [5.74, 6) is 0.879. The molecule has 0 aliphatic rings. The molecule has 18 heavy (non-hydrogen) atoms. The molecule has 1 aromatic carbocycles. The SMILES string of the molecule is CCC(Br)c1nnc(Cc2cccc(OC)c2)s1. The molecule has 1 aromatic heterocycles. The van der Waals surface area contributed by atoms with Gasteiger partial charge in [-0.15, -0.1) is 10.2 Å². The summed E-state index contributed by atoms with van der Waals surface area (Å²) in [6, 6.07) is 8.05. The highest BCUT2D eigenvalue weighted by atomic mass is 79.9. The molecule has 0 N–H and O–H groups in total. The second-order valence-electron chi connectivity index (χ2n) is 3.94. The standard InChI is InChI=1S/C13H15BrN2OS/c1-3-11(14)13-16-15-12(18-13)8-9-5-4-6-10(7-9)17-2/h4-7,11H,3,8H2,1-2H3. The van der Waals surface area contributed by atoms with Gasteiger partial charge in [0.15, 0.2) is 0 Å². The highest BCUT2D eigenvalue weighted by Gasteiger charge is 2.12. The largest absolute Gasteiger partial charge is 0.497 e. The number of halogens is 1. The monoisotopic (exact) mass is 326 g/mol. The van der Waals surface area contributed by atoms with Crippen LogP contribution in [0.2, 0.25) is 0 Å². The minimum atomic E-state index is 0.314. The van der Waals surface area contributed by atoms with Gasteiger partial charge in [0.1, 0.15) is 15.8 Å². The Hall–Kier alpha value is -0.940. The average Bonchev–Trinajstić information content (AvgIpc) is 2.86. The van der Waals surface area contributed by atoms with Crippen LogP contribution in [0.4, 0.5) is 0 Å². The summed E-state index contributed by atoms with van der Waals surface area (Å²) in [4.78, 5) is 0.314. The summed E-state index contributed by atoms with van der Waals surface area (Å²) in [6.45, 7) is 2.13. The number of hydrogen-bond acceptors (Lipinski definition) is 4. The predicted octanol–water partition coefficient (Wildman–Crippen LogP) is 3.98. The van der Waals surface area contributed by atoms with Crippen molar-refractivity contribution >= 4 is 27.3 Å². The van der Waals surface area contributed by atoms with Gasteiger partial charge >= 0.3 is 0 Å². The van der Waals surface area contributed by atoms with Crippen molar-refractivity contribution in [3.8, 4) is 5.75 Å². The van der Waals surface area contributed by atoms with Gasteiger partial charge in [-0.1, -0.05) is 46.3 Å². The van der Waals surface area contributed by atoms with E-state index in [-0.39, 0.29) is 0 Å². The van der Waals surface area contributed by atoms with Crippen LogP contribution in [0, 0.1) is 0 Å². The van der Waals surface area contributed by atoms with Gasteiger partial charge in [0.2, 0.25) is 0 Å². The normalized spacial score (nSPS) is 12.4. The van der Waals surface area contributed by atoms with Crippen molar-refractivity contribution in [2.45, 2.75) is 24.6 Å². The maximum Gasteiger partial charge on any atom is 0.131 e. The smallest absolute Gasteiger partial charge is 0.131 e. The summed E-state index contributed by atoms with van der Waals surface area (Å²) in [6.07, 6.45) is 1.83. The molecule has 1 atom stereocenters. The number of rotatable bonds is 5. The molecule has 1 heterocycles. The van der Waals surface area contributed by atoms with E-state index in [0.29, 0.717) is 4.83 Å². The number of aromatic nitrogens is 2.